The van der Waals surface area contributed by atoms with E-state index in [4.69, 9.17) is 4.74 Å². The van der Waals surface area contributed by atoms with Gasteiger partial charge in [-0.1, -0.05) is 44.7 Å². The number of aryl methyl sites for hydroxylation is 1. The van der Waals surface area contributed by atoms with Crippen LogP contribution in [0.4, 0.5) is 5.13 Å². The maximum Gasteiger partial charge on any atom is 0.236 e. The predicted molar refractivity (Wildman–Crippen MR) is 116 cm³/mol. The Kier molecular flexibility index (Phi) is 7.65. The Morgan fingerprint density at radius 1 is 1.28 bits per heavy atom. The molecular weight excluding hydrogens is 406 g/mol. The van der Waals surface area contributed by atoms with Crippen molar-refractivity contribution < 1.29 is 9.53 Å². The molecule has 0 aliphatic rings. The second-order valence-corrected chi connectivity index (χ2v) is 8.70. The van der Waals surface area contributed by atoms with Gasteiger partial charge in [-0.2, -0.15) is 0 Å². The molecule has 0 saturated carbocycles. The number of carbonyl (C=O) groups excluding carboxylic acids is 1. The second-order valence-electron chi connectivity index (χ2n) is 6.86. The number of hydrogen-bond donors (Lipinski definition) is 1. The van der Waals surface area contributed by atoms with Crippen molar-refractivity contribution in [1.82, 2.24) is 19.7 Å². The van der Waals surface area contributed by atoms with E-state index >= 15 is 0 Å². The van der Waals surface area contributed by atoms with Crippen LogP contribution in [0.1, 0.15) is 32.2 Å². The van der Waals surface area contributed by atoms with Crippen LogP contribution in [0, 0.1) is 5.92 Å². The quantitative estimate of drug-likeness (QED) is 0.483. The maximum atomic E-state index is 12.1. The fourth-order valence-corrected chi connectivity index (χ4v) is 3.93. The van der Waals surface area contributed by atoms with Crippen molar-refractivity contribution in [1.29, 1.82) is 0 Å². The number of nitrogens with zero attached hydrogens (tertiary/aromatic N) is 4. The third kappa shape index (κ3) is 6.30. The molecule has 1 N–H and O–H groups in total. The third-order valence-corrected chi connectivity index (χ3v) is 5.71. The monoisotopic (exact) mass is 431 g/mol. The molecule has 7 nitrogen and oxygen atoms in total. The van der Waals surface area contributed by atoms with Crippen molar-refractivity contribution in [2.75, 3.05) is 11.1 Å². The van der Waals surface area contributed by atoms with Crippen LogP contribution in [0.5, 0.6) is 5.75 Å². The summed E-state index contributed by atoms with van der Waals surface area (Å²) in [7, 11) is 0. The summed E-state index contributed by atoms with van der Waals surface area (Å²) in [4.78, 5) is 16.2. The molecule has 29 heavy (non-hydrogen) atoms. The molecule has 154 valence electrons. The zero-order valence-corrected chi connectivity index (χ0v) is 18.4. The van der Waals surface area contributed by atoms with Gasteiger partial charge in [-0.3, -0.25) is 4.79 Å². The number of rotatable bonds is 10. The van der Waals surface area contributed by atoms with Gasteiger partial charge in [-0.05, 0) is 30.0 Å². The summed E-state index contributed by atoms with van der Waals surface area (Å²) in [5.74, 6) is 2.10. The first-order valence-corrected chi connectivity index (χ1v) is 11.4. The summed E-state index contributed by atoms with van der Waals surface area (Å²) in [6.07, 6.45) is 2.66. The molecular formula is C20H25N5O2S2. The summed E-state index contributed by atoms with van der Waals surface area (Å²) in [6, 6.07) is 8.08. The topological polar surface area (TPSA) is 81.9 Å². The molecule has 0 fully saturated rings. The number of amides is 1. The van der Waals surface area contributed by atoms with Gasteiger partial charge in [0.2, 0.25) is 5.91 Å². The highest BCUT2D eigenvalue weighted by atomic mass is 32.2. The number of thiazole rings is 1. The van der Waals surface area contributed by atoms with Crippen molar-refractivity contribution in [2.45, 2.75) is 45.5 Å². The van der Waals surface area contributed by atoms with E-state index in [-0.39, 0.29) is 11.7 Å². The van der Waals surface area contributed by atoms with Gasteiger partial charge in [0.05, 0.1) is 5.75 Å². The Morgan fingerprint density at radius 2 is 2.07 bits per heavy atom. The first-order chi connectivity index (χ1) is 14.0. The standard InChI is InChI=1S/C20H25N5O2S2/c1-4-15-5-7-16(8-6-15)27-12-17-23-24-20(25(17)11-14(2)3)29-13-18(26)22-19-21-9-10-28-19/h5-10,14H,4,11-13H2,1-3H3,(H,21,22,26). The lowest BCUT2D eigenvalue weighted by atomic mass is 10.2. The SMILES string of the molecule is CCc1ccc(OCc2nnc(SCC(=O)Nc3nccs3)n2CC(C)C)cc1. The zero-order chi connectivity index (χ0) is 20.6. The fraction of sp³-hybridized carbons (Fsp3) is 0.400. The molecule has 3 rings (SSSR count). The van der Waals surface area contributed by atoms with E-state index in [2.05, 4.69) is 53.4 Å². The van der Waals surface area contributed by atoms with Crippen LogP contribution in [0.15, 0.2) is 41.0 Å². The Hall–Kier alpha value is -2.39. The number of anilines is 1. The third-order valence-electron chi connectivity index (χ3n) is 4.05. The highest BCUT2D eigenvalue weighted by molar-refractivity contribution is 7.99. The lowest BCUT2D eigenvalue weighted by Gasteiger charge is -2.13. The number of thioether (sulfide) groups is 1. The van der Waals surface area contributed by atoms with Gasteiger partial charge < -0.3 is 14.6 Å². The summed E-state index contributed by atoms with van der Waals surface area (Å²) < 4.78 is 7.94. The maximum absolute atomic E-state index is 12.1. The molecule has 2 heterocycles. The Bertz CT molecular complexity index is 908. The number of aromatic nitrogens is 4. The van der Waals surface area contributed by atoms with Crippen LogP contribution in [-0.4, -0.2) is 31.4 Å². The molecule has 0 aliphatic heterocycles. The van der Waals surface area contributed by atoms with E-state index in [1.165, 1.54) is 28.7 Å². The minimum Gasteiger partial charge on any atom is -0.486 e. The normalized spacial score (nSPS) is 11.0. The van der Waals surface area contributed by atoms with Crippen molar-refractivity contribution in [3.63, 3.8) is 0 Å². The molecule has 0 spiro atoms. The number of carbonyl (C=O) groups is 1. The highest BCUT2D eigenvalue weighted by Crippen LogP contribution is 2.21. The van der Waals surface area contributed by atoms with Gasteiger partial charge in [-0.15, -0.1) is 21.5 Å². The summed E-state index contributed by atoms with van der Waals surface area (Å²) >= 11 is 2.76. The number of nitrogens with one attached hydrogen (secondary N) is 1. The van der Waals surface area contributed by atoms with Crippen LogP contribution < -0.4 is 10.1 Å². The summed E-state index contributed by atoms with van der Waals surface area (Å²) in [6.45, 7) is 7.49. The molecule has 3 aromatic rings. The lowest BCUT2D eigenvalue weighted by Crippen LogP contribution is -2.15. The van der Waals surface area contributed by atoms with Gasteiger partial charge in [0.1, 0.15) is 12.4 Å². The summed E-state index contributed by atoms with van der Waals surface area (Å²) in [5, 5.41) is 14.5. The summed E-state index contributed by atoms with van der Waals surface area (Å²) in [5.41, 5.74) is 1.27. The van der Waals surface area contributed by atoms with Gasteiger partial charge >= 0.3 is 0 Å². The van der Waals surface area contributed by atoms with Crippen LogP contribution in [0.2, 0.25) is 0 Å². The Morgan fingerprint density at radius 3 is 2.72 bits per heavy atom. The van der Waals surface area contributed by atoms with E-state index in [1.54, 1.807) is 6.20 Å². The minimum absolute atomic E-state index is 0.113. The van der Waals surface area contributed by atoms with Crippen LogP contribution in [-0.2, 0) is 24.4 Å². The molecule has 0 saturated heterocycles. The van der Waals surface area contributed by atoms with E-state index in [0.29, 0.717) is 22.8 Å². The second kappa shape index (κ2) is 10.4. The van der Waals surface area contributed by atoms with E-state index in [0.717, 1.165) is 24.5 Å². The first kappa shape index (κ1) is 21.3. The largest absolute Gasteiger partial charge is 0.486 e. The highest BCUT2D eigenvalue weighted by Gasteiger charge is 2.16. The van der Waals surface area contributed by atoms with Crippen molar-refractivity contribution in [3.05, 3.63) is 47.2 Å². The number of benzene rings is 1. The van der Waals surface area contributed by atoms with E-state index in [9.17, 15) is 4.79 Å². The van der Waals surface area contributed by atoms with E-state index in [1.807, 2.05) is 22.1 Å². The lowest BCUT2D eigenvalue weighted by molar-refractivity contribution is -0.113. The number of hydrogen-bond acceptors (Lipinski definition) is 7. The Balaban J connectivity index is 1.62. The van der Waals surface area contributed by atoms with Gasteiger partial charge in [0.15, 0.2) is 16.1 Å². The minimum atomic E-state index is -0.113. The van der Waals surface area contributed by atoms with Crippen LogP contribution in [0.25, 0.3) is 0 Å². The Labute approximate surface area is 178 Å². The molecule has 1 amide bonds. The van der Waals surface area contributed by atoms with Gasteiger partial charge in [0, 0.05) is 18.1 Å². The first-order valence-electron chi connectivity index (χ1n) is 9.51. The average molecular weight is 432 g/mol. The predicted octanol–water partition coefficient (Wildman–Crippen LogP) is 4.26. The van der Waals surface area contributed by atoms with E-state index < -0.39 is 0 Å². The van der Waals surface area contributed by atoms with Crippen molar-refractivity contribution in [3.8, 4) is 5.75 Å². The molecule has 1 aromatic carbocycles. The van der Waals surface area contributed by atoms with Gasteiger partial charge in [0.25, 0.3) is 0 Å². The smallest absolute Gasteiger partial charge is 0.236 e. The number of ether oxygens (including phenoxy) is 1. The van der Waals surface area contributed by atoms with Crippen LogP contribution in [0.3, 0.4) is 0 Å². The molecule has 0 bridgehead atoms. The van der Waals surface area contributed by atoms with Crippen molar-refractivity contribution >= 4 is 34.1 Å². The van der Waals surface area contributed by atoms with Gasteiger partial charge in [-0.25, -0.2) is 4.98 Å². The molecule has 0 atom stereocenters. The fourth-order valence-electron chi connectivity index (χ4n) is 2.62. The average Bonchev–Trinajstić information content (AvgIpc) is 3.35. The molecule has 0 radical (unpaired) electrons. The zero-order valence-electron chi connectivity index (χ0n) is 16.8. The molecule has 0 aliphatic carbocycles. The molecule has 2 aromatic heterocycles. The molecule has 0 unspecified atom stereocenters. The van der Waals surface area contributed by atoms with Crippen LogP contribution >= 0.6 is 23.1 Å². The molecule has 9 heteroatoms. The van der Waals surface area contributed by atoms with Crippen molar-refractivity contribution in [2.24, 2.45) is 5.92 Å².